The Hall–Kier alpha value is -5.78. The van der Waals surface area contributed by atoms with E-state index >= 15 is 0 Å². The first-order valence-electron chi connectivity index (χ1n) is 11.7. The topological polar surface area (TPSA) is 153 Å². The van der Waals surface area contributed by atoms with Gasteiger partial charge in [-0.05, 0) is 48.5 Å². The van der Waals surface area contributed by atoms with Crippen molar-refractivity contribution < 1.29 is 14.1 Å². The number of anilines is 5. The summed E-state index contributed by atoms with van der Waals surface area (Å²) in [4.78, 5) is 24.3. The van der Waals surface area contributed by atoms with Crippen LogP contribution in [0.2, 0.25) is 0 Å². The number of hydrazone groups is 1. The molecular weight excluding hydrogens is 500 g/mol. The maximum Gasteiger partial charge on any atom is 0.284 e. The third-order valence-corrected chi connectivity index (χ3v) is 5.35. The van der Waals surface area contributed by atoms with Gasteiger partial charge in [0.1, 0.15) is 17.3 Å². The van der Waals surface area contributed by atoms with Crippen LogP contribution in [-0.2, 0) is 0 Å². The minimum absolute atomic E-state index is 0.132. The number of para-hydroxylation sites is 2. The second-order valence-electron chi connectivity index (χ2n) is 8.00. The first kappa shape index (κ1) is 24.9. The number of hydrogen-bond donors (Lipinski definition) is 3. The second kappa shape index (κ2) is 11.5. The predicted molar refractivity (Wildman–Crippen MR) is 148 cm³/mol. The molecule has 3 aromatic carbocycles. The van der Waals surface area contributed by atoms with Gasteiger partial charge in [-0.1, -0.05) is 36.4 Å². The molecule has 0 aliphatic carbocycles. The Kier molecular flexibility index (Phi) is 7.35. The number of methoxy groups -OCH3 is 1. The molecule has 2 heterocycles. The molecule has 0 unspecified atom stereocenters. The molecule has 12 nitrogen and oxygen atoms in total. The van der Waals surface area contributed by atoms with Gasteiger partial charge < -0.3 is 19.8 Å². The van der Waals surface area contributed by atoms with Gasteiger partial charge in [0.15, 0.2) is 0 Å². The Labute approximate surface area is 222 Å². The van der Waals surface area contributed by atoms with Crippen molar-refractivity contribution >= 4 is 41.1 Å². The van der Waals surface area contributed by atoms with Gasteiger partial charge in [-0.3, -0.25) is 10.1 Å². The van der Waals surface area contributed by atoms with E-state index in [0.29, 0.717) is 34.7 Å². The fourth-order valence-corrected chi connectivity index (χ4v) is 3.56. The van der Waals surface area contributed by atoms with Crippen LogP contribution in [0.4, 0.5) is 34.9 Å². The van der Waals surface area contributed by atoms with Crippen molar-refractivity contribution in [2.75, 3.05) is 23.2 Å². The lowest BCUT2D eigenvalue weighted by Crippen LogP contribution is -2.07. The normalized spacial score (nSPS) is 10.8. The average molecular weight is 523 g/mol. The van der Waals surface area contributed by atoms with Gasteiger partial charge in [0.2, 0.25) is 17.8 Å². The lowest BCUT2D eigenvalue weighted by molar-refractivity contribution is -0.384. The summed E-state index contributed by atoms with van der Waals surface area (Å²) in [5, 5.41) is 22.0. The molecule has 5 aromatic rings. The summed E-state index contributed by atoms with van der Waals surface area (Å²) < 4.78 is 10.9. The van der Waals surface area contributed by atoms with E-state index in [1.54, 1.807) is 24.3 Å². The van der Waals surface area contributed by atoms with Crippen molar-refractivity contribution in [3.8, 4) is 17.1 Å². The molecule has 0 saturated heterocycles. The molecule has 0 bridgehead atoms. The largest absolute Gasteiger partial charge is 0.497 e. The molecule has 0 spiro atoms. The van der Waals surface area contributed by atoms with Crippen molar-refractivity contribution in [2.45, 2.75) is 0 Å². The first-order valence-corrected chi connectivity index (χ1v) is 11.7. The summed E-state index contributed by atoms with van der Waals surface area (Å²) >= 11 is 0. The number of hydrogen-bond acceptors (Lipinski definition) is 11. The Bertz CT molecular complexity index is 1550. The van der Waals surface area contributed by atoms with E-state index in [0.717, 1.165) is 11.4 Å². The number of rotatable bonds is 10. The van der Waals surface area contributed by atoms with Crippen molar-refractivity contribution in [3.63, 3.8) is 0 Å². The Balaban J connectivity index is 1.35. The molecule has 0 atom stereocenters. The van der Waals surface area contributed by atoms with Gasteiger partial charge in [-0.15, -0.1) is 0 Å². The maximum absolute atomic E-state index is 11.5. The van der Waals surface area contributed by atoms with Crippen LogP contribution < -0.4 is 20.8 Å². The molecule has 0 saturated carbocycles. The summed E-state index contributed by atoms with van der Waals surface area (Å²) in [6, 6.07) is 26.8. The molecule has 0 fully saturated rings. The number of ether oxygens (including phenoxy) is 1. The highest BCUT2D eigenvalue weighted by Crippen LogP contribution is 2.34. The Morgan fingerprint density at radius 3 is 2.05 bits per heavy atom. The fraction of sp³-hybridized carbons (Fsp3) is 0.0370. The minimum atomic E-state index is -0.488. The van der Waals surface area contributed by atoms with E-state index in [4.69, 9.17) is 9.15 Å². The molecule has 2 aromatic heterocycles. The van der Waals surface area contributed by atoms with E-state index in [9.17, 15) is 10.1 Å². The molecule has 194 valence electrons. The van der Waals surface area contributed by atoms with Crippen LogP contribution in [0.15, 0.2) is 101 Å². The van der Waals surface area contributed by atoms with E-state index in [-0.39, 0.29) is 11.6 Å². The molecular formula is C27H22N8O4. The zero-order valence-corrected chi connectivity index (χ0v) is 20.6. The van der Waals surface area contributed by atoms with E-state index in [2.05, 4.69) is 36.1 Å². The number of nitro benzene ring substituents is 1. The van der Waals surface area contributed by atoms with Crippen LogP contribution in [0, 0.1) is 10.1 Å². The molecule has 0 aliphatic heterocycles. The standard InChI is InChI=1S/C27H22N8O4/c1-38-20-12-14-22(23(16-20)35(36)37)24-15-13-21(39-24)17-28-34-27-32-25(29-18-8-4-2-5-9-18)31-26(33-27)30-19-10-6-3-7-11-19/h2-17H,1H3,(H3,29,30,31,32,33,34). The molecule has 0 aliphatic rings. The SMILES string of the molecule is COc1ccc(-c2ccc(C=NNc3nc(Nc4ccccc4)nc(Nc4ccccc4)n3)o2)c([N+](=O)[O-])c1. The lowest BCUT2D eigenvalue weighted by Gasteiger charge is -2.10. The highest BCUT2D eigenvalue weighted by molar-refractivity contribution is 5.79. The van der Waals surface area contributed by atoms with E-state index in [1.807, 2.05) is 60.7 Å². The smallest absolute Gasteiger partial charge is 0.284 e. The maximum atomic E-state index is 11.5. The molecule has 3 N–H and O–H groups in total. The summed E-state index contributed by atoms with van der Waals surface area (Å²) in [5.41, 5.74) is 4.58. The number of aromatic nitrogens is 3. The van der Waals surface area contributed by atoms with Crippen LogP contribution in [0.3, 0.4) is 0 Å². The third kappa shape index (κ3) is 6.32. The fourth-order valence-electron chi connectivity index (χ4n) is 3.56. The third-order valence-electron chi connectivity index (χ3n) is 5.35. The monoisotopic (exact) mass is 522 g/mol. The first-order chi connectivity index (χ1) is 19.1. The quantitative estimate of drug-likeness (QED) is 0.113. The summed E-state index contributed by atoms with van der Waals surface area (Å²) in [6.07, 6.45) is 1.41. The van der Waals surface area contributed by atoms with Crippen molar-refractivity contribution in [1.29, 1.82) is 0 Å². The Morgan fingerprint density at radius 1 is 0.846 bits per heavy atom. The number of nitrogens with zero attached hydrogens (tertiary/aromatic N) is 5. The zero-order valence-electron chi connectivity index (χ0n) is 20.6. The van der Waals surface area contributed by atoms with Crippen molar-refractivity contribution in [1.82, 2.24) is 15.0 Å². The van der Waals surface area contributed by atoms with Crippen LogP contribution >= 0.6 is 0 Å². The molecule has 12 heteroatoms. The predicted octanol–water partition coefficient (Wildman–Crippen LogP) is 5.98. The summed E-state index contributed by atoms with van der Waals surface area (Å²) in [6.45, 7) is 0. The van der Waals surface area contributed by atoms with Crippen LogP contribution in [0.1, 0.15) is 5.76 Å². The number of benzene rings is 3. The highest BCUT2D eigenvalue weighted by atomic mass is 16.6. The molecule has 0 amide bonds. The van der Waals surface area contributed by atoms with Crippen molar-refractivity contribution in [2.24, 2.45) is 5.10 Å². The van der Waals surface area contributed by atoms with E-state index < -0.39 is 4.92 Å². The van der Waals surface area contributed by atoms with Gasteiger partial charge in [0, 0.05) is 11.4 Å². The molecule has 39 heavy (non-hydrogen) atoms. The van der Waals surface area contributed by atoms with Gasteiger partial charge in [0.25, 0.3) is 5.69 Å². The van der Waals surface area contributed by atoms with Crippen molar-refractivity contribution in [3.05, 3.63) is 107 Å². The highest BCUT2D eigenvalue weighted by Gasteiger charge is 2.19. The number of furan rings is 1. The van der Waals surface area contributed by atoms with Crippen LogP contribution in [-0.4, -0.2) is 33.2 Å². The summed E-state index contributed by atoms with van der Waals surface area (Å²) in [5.74, 6) is 1.84. The van der Waals surface area contributed by atoms with Gasteiger partial charge >= 0.3 is 0 Å². The summed E-state index contributed by atoms with van der Waals surface area (Å²) in [7, 11) is 1.45. The lowest BCUT2D eigenvalue weighted by atomic mass is 10.1. The Morgan fingerprint density at radius 2 is 1.46 bits per heavy atom. The molecule has 5 rings (SSSR count). The number of nitrogens with one attached hydrogen (secondary N) is 3. The zero-order chi connectivity index (χ0) is 27.0. The van der Waals surface area contributed by atoms with Gasteiger partial charge in [-0.25, -0.2) is 5.43 Å². The van der Waals surface area contributed by atoms with Gasteiger partial charge in [0.05, 0.1) is 29.9 Å². The van der Waals surface area contributed by atoms with Crippen LogP contribution in [0.5, 0.6) is 5.75 Å². The van der Waals surface area contributed by atoms with Gasteiger partial charge in [-0.2, -0.15) is 20.1 Å². The van der Waals surface area contributed by atoms with Crippen LogP contribution in [0.25, 0.3) is 11.3 Å². The molecule has 0 radical (unpaired) electrons. The average Bonchev–Trinajstić information content (AvgIpc) is 3.42. The van der Waals surface area contributed by atoms with E-state index in [1.165, 1.54) is 19.4 Å². The number of nitro groups is 1. The second-order valence-corrected chi connectivity index (χ2v) is 8.00. The minimum Gasteiger partial charge on any atom is -0.497 e.